The number of hydrogen-bond donors (Lipinski definition) is 3. The van der Waals surface area contributed by atoms with E-state index in [9.17, 15) is 18.8 Å². The van der Waals surface area contributed by atoms with Gasteiger partial charge in [0, 0.05) is 34.8 Å². The van der Waals surface area contributed by atoms with Crippen molar-refractivity contribution in [2.45, 2.75) is 25.9 Å². The van der Waals surface area contributed by atoms with E-state index in [1.807, 2.05) is 0 Å². The summed E-state index contributed by atoms with van der Waals surface area (Å²) in [5.41, 5.74) is 1.14. The van der Waals surface area contributed by atoms with Crippen molar-refractivity contribution >= 4 is 50.9 Å². The minimum Gasteiger partial charge on any atom is -0.480 e. The number of thiazole rings is 1. The lowest BCUT2D eigenvalue weighted by Crippen LogP contribution is -2.56. The maximum atomic E-state index is 14.0. The highest BCUT2D eigenvalue weighted by Gasteiger charge is 2.37. The number of hydrogen-bond acceptors (Lipinski definition) is 10. The zero-order valence-corrected chi connectivity index (χ0v) is 23.8. The van der Waals surface area contributed by atoms with Gasteiger partial charge in [0.05, 0.1) is 25.4 Å². The number of nitrogens with one attached hydrogen (secondary N) is 2. The molecule has 2 unspecified atom stereocenters. The second-order valence-corrected chi connectivity index (χ2v) is 10.1. The van der Waals surface area contributed by atoms with E-state index in [0.29, 0.717) is 39.7 Å². The number of carboxylic acid groups (broad SMARTS) is 1. The summed E-state index contributed by atoms with van der Waals surface area (Å²) >= 11 is 4.73. The Morgan fingerprint density at radius 3 is 2.87 bits per heavy atom. The number of allylic oxidation sites excluding steroid dienone is 4. The SMILES string of the molecule is C=CC(F)=CC(Br)=C(C)C1N=C(c2nccs2)NC(CN2CCOCC2C(=O)NCC(=O)O)=C1C(=O)OCC. The summed E-state index contributed by atoms with van der Waals surface area (Å²) in [4.78, 5) is 48.0. The number of nitrogens with zero attached hydrogens (tertiary/aromatic N) is 3. The van der Waals surface area contributed by atoms with E-state index in [4.69, 9.17) is 19.6 Å². The molecule has 11 nitrogen and oxygen atoms in total. The van der Waals surface area contributed by atoms with Crippen molar-refractivity contribution in [1.82, 2.24) is 20.5 Å². The summed E-state index contributed by atoms with van der Waals surface area (Å²) in [6.07, 6.45) is 3.91. The number of carboxylic acids is 1. The van der Waals surface area contributed by atoms with Crippen molar-refractivity contribution in [2.24, 2.45) is 4.99 Å². The number of carbonyl (C=O) groups excluding carboxylic acids is 2. The zero-order valence-electron chi connectivity index (χ0n) is 21.4. The lowest BCUT2D eigenvalue weighted by atomic mass is 9.95. The third-order valence-corrected chi connectivity index (χ3v) is 7.45. The number of rotatable bonds is 11. The molecule has 0 spiro atoms. The molecule has 0 aromatic carbocycles. The number of ether oxygens (including phenoxy) is 2. The van der Waals surface area contributed by atoms with E-state index in [-0.39, 0.29) is 25.3 Å². The van der Waals surface area contributed by atoms with Crippen LogP contribution in [0.25, 0.3) is 0 Å². The van der Waals surface area contributed by atoms with Gasteiger partial charge in [-0.3, -0.25) is 19.5 Å². The highest BCUT2D eigenvalue weighted by atomic mass is 79.9. The fourth-order valence-electron chi connectivity index (χ4n) is 3.91. The van der Waals surface area contributed by atoms with Gasteiger partial charge in [-0.2, -0.15) is 0 Å². The van der Waals surface area contributed by atoms with Gasteiger partial charge in [-0.05, 0) is 31.6 Å². The summed E-state index contributed by atoms with van der Waals surface area (Å²) in [5, 5.41) is 16.9. The van der Waals surface area contributed by atoms with E-state index in [1.54, 1.807) is 30.3 Å². The predicted octanol–water partition coefficient (Wildman–Crippen LogP) is 2.29. The number of carbonyl (C=O) groups is 3. The van der Waals surface area contributed by atoms with Crippen molar-refractivity contribution in [3.05, 3.63) is 62.5 Å². The third-order valence-electron chi connectivity index (χ3n) is 5.82. The molecule has 3 rings (SSSR count). The Morgan fingerprint density at radius 1 is 1.46 bits per heavy atom. The minimum absolute atomic E-state index is 0.0421. The van der Waals surface area contributed by atoms with E-state index in [2.05, 4.69) is 38.1 Å². The van der Waals surface area contributed by atoms with Crippen molar-refractivity contribution in [2.75, 3.05) is 39.5 Å². The topological polar surface area (TPSA) is 142 Å². The molecule has 14 heteroatoms. The maximum Gasteiger partial charge on any atom is 0.338 e. The Bertz CT molecular complexity index is 1230. The highest BCUT2D eigenvalue weighted by Crippen LogP contribution is 2.31. The van der Waals surface area contributed by atoms with Gasteiger partial charge < -0.3 is 25.2 Å². The van der Waals surface area contributed by atoms with Crippen molar-refractivity contribution in [1.29, 1.82) is 0 Å². The standard InChI is InChI=1S/C25H29BrFN5O6S/c1-4-15(27)10-16(26)14(3)21-20(25(36)38-5-2)17(30-22(31-21)24-28-6-9-39-24)12-32-7-8-37-13-18(32)23(35)29-11-19(33)34/h4,6,9-10,18,21H,1,5,7-8,11-13H2,2-3H3,(H,29,35)(H,30,31)(H,33,34). The second kappa shape index (κ2) is 14.3. The van der Waals surface area contributed by atoms with Gasteiger partial charge in [-0.1, -0.05) is 22.5 Å². The van der Waals surface area contributed by atoms with Crippen LogP contribution in [0.1, 0.15) is 18.9 Å². The Labute approximate surface area is 237 Å². The highest BCUT2D eigenvalue weighted by molar-refractivity contribution is 9.11. The van der Waals surface area contributed by atoms with Crippen LogP contribution < -0.4 is 10.6 Å². The van der Waals surface area contributed by atoms with Crippen LogP contribution in [0.4, 0.5) is 4.39 Å². The average molecular weight is 627 g/mol. The van der Waals surface area contributed by atoms with Gasteiger partial charge >= 0.3 is 11.9 Å². The van der Waals surface area contributed by atoms with E-state index in [0.717, 1.165) is 6.08 Å². The predicted molar refractivity (Wildman–Crippen MR) is 147 cm³/mol. The maximum absolute atomic E-state index is 14.0. The lowest BCUT2D eigenvalue weighted by Gasteiger charge is -2.37. The van der Waals surface area contributed by atoms with Crippen LogP contribution in [0.2, 0.25) is 0 Å². The number of aliphatic carboxylic acids is 1. The van der Waals surface area contributed by atoms with E-state index < -0.39 is 42.3 Å². The molecule has 1 amide bonds. The lowest BCUT2D eigenvalue weighted by molar-refractivity contribution is -0.140. The Kier molecular flexibility index (Phi) is 11.1. The summed E-state index contributed by atoms with van der Waals surface area (Å²) in [7, 11) is 0. The number of amides is 1. The van der Waals surface area contributed by atoms with E-state index >= 15 is 0 Å². The van der Waals surface area contributed by atoms with Crippen LogP contribution >= 0.6 is 27.3 Å². The number of aliphatic imine (C=N–C) groups is 1. The fourth-order valence-corrected chi connectivity index (χ4v) is 4.93. The summed E-state index contributed by atoms with van der Waals surface area (Å²) < 4.78 is 25.3. The largest absolute Gasteiger partial charge is 0.480 e. The molecule has 3 heterocycles. The van der Waals surface area contributed by atoms with Crippen molar-refractivity contribution in [3.63, 3.8) is 0 Å². The first-order chi connectivity index (χ1) is 18.7. The first-order valence-electron chi connectivity index (χ1n) is 12.0. The molecule has 2 aliphatic heterocycles. The van der Waals surface area contributed by atoms with Crippen LogP contribution in [0, 0.1) is 0 Å². The molecule has 1 aromatic rings. The first kappa shape index (κ1) is 30.3. The molecule has 2 aliphatic rings. The van der Waals surface area contributed by atoms with Crippen molar-refractivity contribution < 1.29 is 33.4 Å². The van der Waals surface area contributed by atoms with Crippen LogP contribution in [0.3, 0.4) is 0 Å². The Morgan fingerprint density at radius 2 is 2.23 bits per heavy atom. The van der Waals surface area contributed by atoms with Gasteiger partial charge in [0.2, 0.25) is 5.91 Å². The zero-order chi connectivity index (χ0) is 28.5. The van der Waals surface area contributed by atoms with Crippen LogP contribution in [0.5, 0.6) is 0 Å². The number of aromatic nitrogens is 1. The monoisotopic (exact) mass is 625 g/mol. The van der Waals surface area contributed by atoms with Gasteiger partial charge in [0.15, 0.2) is 10.8 Å². The normalized spacial score (nSPS) is 20.9. The molecule has 1 fully saturated rings. The van der Waals surface area contributed by atoms with Gasteiger partial charge in [-0.25, -0.2) is 14.2 Å². The molecule has 0 bridgehead atoms. The number of halogens is 2. The molecular formula is C25H29BrFN5O6S. The number of amidine groups is 1. The average Bonchev–Trinajstić information content (AvgIpc) is 3.46. The molecule has 0 saturated carbocycles. The van der Waals surface area contributed by atoms with Crippen LogP contribution in [-0.2, 0) is 23.9 Å². The van der Waals surface area contributed by atoms with Gasteiger partial charge in [-0.15, -0.1) is 11.3 Å². The van der Waals surface area contributed by atoms with Gasteiger partial charge in [0.1, 0.15) is 24.5 Å². The Balaban J connectivity index is 2.09. The van der Waals surface area contributed by atoms with Crippen LogP contribution in [0.15, 0.2) is 62.5 Å². The summed E-state index contributed by atoms with van der Waals surface area (Å²) in [6.45, 7) is 7.19. The quantitative estimate of drug-likeness (QED) is 0.249. The van der Waals surface area contributed by atoms with Gasteiger partial charge in [0.25, 0.3) is 0 Å². The molecule has 0 radical (unpaired) electrons. The fraction of sp³-hybridized carbons (Fsp3) is 0.400. The summed E-state index contributed by atoms with van der Waals surface area (Å²) in [5.74, 6) is -2.49. The molecule has 2 atom stereocenters. The second-order valence-electron chi connectivity index (χ2n) is 8.39. The first-order valence-corrected chi connectivity index (χ1v) is 13.7. The molecule has 210 valence electrons. The molecule has 39 heavy (non-hydrogen) atoms. The molecular weight excluding hydrogens is 597 g/mol. The Hall–Kier alpha value is -3.20. The minimum atomic E-state index is -1.17. The number of morpholine rings is 1. The molecule has 1 aromatic heterocycles. The molecule has 1 saturated heterocycles. The van der Waals surface area contributed by atoms with Crippen molar-refractivity contribution in [3.8, 4) is 0 Å². The number of esters is 1. The smallest absolute Gasteiger partial charge is 0.338 e. The van der Waals surface area contributed by atoms with E-state index in [1.165, 1.54) is 17.4 Å². The summed E-state index contributed by atoms with van der Waals surface area (Å²) in [6, 6.07) is -1.67. The van der Waals surface area contributed by atoms with Crippen LogP contribution in [-0.4, -0.2) is 90.2 Å². The molecule has 3 N–H and O–H groups in total. The molecule has 0 aliphatic carbocycles. The third kappa shape index (κ3) is 7.91.